The molecule has 0 saturated heterocycles. The van der Waals surface area contributed by atoms with E-state index in [1.165, 1.54) is 18.2 Å². The van der Waals surface area contributed by atoms with Crippen LogP contribution >= 0.6 is 11.6 Å². The third-order valence-corrected chi connectivity index (χ3v) is 3.38. The van der Waals surface area contributed by atoms with Crippen molar-refractivity contribution in [2.75, 3.05) is 6.54 Å². The first kappa shape index (κ1) is 12.8. The van der Waals surface area contributed by atoms with Gasteiger partial charge in [-0.25, -0.2) is 4.39 Å². The van der Waals surface area contributed by atoms with Gasteiger partial charge in [0.15, 0.2) is 5.82 Å². The Morgan fingerprint density at radius 3 is 2.67 bits per heavy atom. The maximum Gasteiger partial charge on any atom is 0.311 e. The topological polar surface area (TPSA) is 66.4 Å². The Morgan fingerprint density at radius 2 is 2.11 bits per heavy atom. The second-order valence-electron chi connectivity index (χ2n) is 4.37. The molecule has 1 aromatic carbocycles. The van der Waals surface area contributed by atoms with Gasteiger partial charge in [0.2, 0.25) is 0 Å². The lowest BCUT2D eigenvalue weighted by Gasteiger charge is -2.11. The molecule has 0 unspecified atom stereocenters. The number of carbonyl (C=O) groups excluding carboxylic acids is 1. The molecule has 4 nitrogen and oxygen atoms in total. The average molecular weight is 272 g/mol. The predicted octanol–water partition coefficient (Wildman–Crippen LogP) is 2.07. The molecule has 1 aromatic rings. The van der Waals surface area contributed by atoms with Crippen LogP contribution in [-0.2, 0) is 4.79 Å². The van der Waals surface area contributed by atoms with Crippen LogP contribution in [0.25, 0.3) is 0 Å². The highest BCUT2D eigenvalue weighted by Crippen LogP contribution is 2.45. The van der Waals surface area contributed by atoms with E-state index in [4.69, 9.17) is 16.7 Å². The lowest BCUT2D eigenvalue weighted by molar-refractivity contribution is -0.143. The Morgan fingerprint density at radius 1 is 1.44 bits per heavy atom. The number of amides is 1. The van der Waals surface area contributed by atoms with Crippen molar-refractivity contribution in [2.45, 2.75) is 12.8 Å². The molecule has 2 rings (SSSR count). The Balaban J connectivity index is 2.05. The largest absolute Gasteiger partial charge is 0.481 e. The fourth-order valence-corrected chi connectivity index (χ4v) is 1.82. The maximum atomic E-state index is 13.5. The normalized spacial score (nSPS) is 16.1. The molecule has 1 saturated carbocycles. The van der Waals surface area contributed by atoms with Gasteiger partial charge in [0.25, 0.3) is 5.91 Å². The van der Waals surface area contributed by atoms with Gasteiger partial charge in [-0.05, 0) is 25.0 Å². The standard InChI is InChI=1S/C12H11ClFNO3/c13-8-3-1-2-7(9(8)14)10(16)15-6-12(4-5-12)11(17)18/h1-3H,4-6H2,(H,15,16)(H,17,18). The Kier molecular flexibility index (Phi) is 3.26. The molecule has 96 valence electrons. The molecular weight excluding hydrogens is 261 g/mol. The number of hydrogen-bond donors (Lipinski definition) is 2. The predicted molar refractivity (Wildman–Crippen MR) is 63.0 cm³/mol. The van der Waals surface area contributed by atoms with Gasteiger partial charge in [-0.3, -0.25) is 9.59 Å². The number of nitrogens with one attached hydrogen (secondary N) is 1. The summed E-state index contributed by atoms with van der Waals surface area (Å²) >= 11 is 5.56. The summed E-state index contributed by atoms with van der Waals surface area (Å²) in [4.78, 5) is 22.6. The van der Waals surface area contributed by atoms with Crippen LogP contribution in [0, 0.1) is 11.2 Å². The summed E-state index contributed by atoms with van der Waals surface area (Å²) < 4.78 is 13.5. The summed E-state index contributed by atoms with van der Waals surface area (Å²) in [7, 11) is 0. The van der Waals surface area contributed by atoms with Crippen LogP contribution < -0.4 is 5.32 Å². The minimum absolute atomic E-state index is 0.00706. The Hall–Kier alpha value is -1.62. The van der Waals surface area contributed by atoms with Gasteiger partial charge < -0.3 is 10.4 Å². The molecule has 0 atom stereocenters. The third-order valence-electron chi connectivity index (χ3n) is 3.09. The maximum absolute atomic E-state index is 13.5. The monoisotopic (exact) mass is 271 g/mol. The van der Waals surface area contributed by atoms with Crippen molar-refractivity contribution >= 4 is 23.5 Å². The average Bonchev–Trinajstić information content (AvgIpc) is 3.11. The van der Waals surface area contributed by atoms with Gasteiger partial charge in [0.05, 0.1) is 16.0 Å². The van der Waals surface area contributed by atoms with Crippen LogP contribution in [0.15, 0.2) is 18.2 Å². The highest BCUT2D eigenvalue weighted by atomic mass is 35.5. The van der Waals surface area contributed by atoms with Crippen molar-refractivity contribution < 1.29 is 19.1 Å². The van der Waals surface area contributed by atoms with E-state index < -0.39 is 23.1 Å². The molecule has 2 N–H and O–H groups in total. The summed E-state index contributed by atoms with van der Waals surface area (Å²) in [5, 5.41) is 11.2. The molecule has 1 fully saturated rings. The van der Waals surface area contributed by atoms with Gasteiger partial charge in [-0.2, -0.15) is 0 Å². The minimum Gasteiger partial charge on any atom is -0.481 e. The molecule has 0 aromatic heterocycles. The van der Waals surface area contributed by atoms with Crippen LogP contribution in [0.2, 0.25) is 5.02 Å². The minimum atomic E-state index is -0.936. The number of hydrogen-bond acceptors (Lipinski definition) is 2. The van der Waals surface area contributed by atoms with Gasteiger partial charge in [-0.15, -0.1) is 0 Å². The number of halogens is 2. The Bertz CT molecular complexity index is 514. The first-order valence-corrected chi connectivity index (χ1v) is 5.80. The second-order valence-corrected chi connectivity index (χ2v) is 4.78. The van der Waals surface area contributed by atoms with E-state index in [0.29, 0.717) is 12.8 Å². The smallest absolute Gasteiger partial charge is 0.311 e. The van der Waals surface area contributed by atoms with E-state index in [9.17, 15) is 14.0 Å². The zero-order valence-electron chi connectivity index (χ0n) is 9.37. The summed E-state index contributed by atoms with van der Waals surface area (Å²) in [6.07, 6.45) is 1.06. The quantitative estimate of drug-likeness (QED) is 0.881. The Labute approximate surface area is 108 Å². The molecule has 0 aliphatic heterocycles. The zero-order chi connectivity index (χ0) is 13.3. The number of benzene rings is 1. The van der Waals surface area contributed by atoms with Crippen molar-refractivity contribution in [1.82, 2.24) is 5.32 Å². The zero-order valence-corrected chi connectivity index (χ0v) is 10.1. The SMILES string of the molecule is O=C(NCC1(C(=O)O)CC1)c1cccc(Cl)c1F. The van der Waals surface area contributed by atoms with E-state index in [-0.39, 0.29) is 17.1 Å². The highest BCUT2D eigenvalue weighted by Gasteiger charge is 2.50. The summed E-state index contributed by atoms with van der Waals surface area (Å²) in [5.41, 5.74) is -1.05. The molecule has 18 heavy (non-hydrogen) atoms. The first-order chi connectivity index (χ1) is 8.46. The second kappa shape index (κ2) is 4.57. The highest BCUT2D eigenvalue weighted by molar-refractivity contribution is 6.31. The van der Waals surface area contributed by atoms with Gasteiger partial charge in [-0.1, -0.05) is 17.7 Å². The fraction of sp³-hybridized carbons (Fsp3) is 0.333. The third kappa shape index (κ3) is 2.31. The van der Waals surface area contributed by atoms with E-state index in [2.05, 4.69) is 5.32 Å². The van der Waals surface area contributed by atoms with Crippen molar-refractivity contribution in [2.24, 2.45) is 5.41 Å². The van der Waals surface area contributed by atoms with Crippen molar-refractivity contribution in [1.29, 1.82) is 0 Å². The van der Waals surface area contributed by atoms with Gasteiger partial charge >= 0.3 is 5.97 Å². The number of carboxylic acids is 1. The molecule has 0 bridgehead atoms. The molecule has 1 aliphatic carbocycles. The van der Waals surface area contributed by atoms with E-state index in [0.717, 1.165) is 0 Å². The van der Waals surface area contributed by atoms with Gasteiger partial charge in [0.1, 0.15) is 0 Å². The van der Waals surface area contributed by atoms with Crippen molar-refractivity contribution in [3.63, 3.8) is 0 Å². The number of carbonyl (C=O) groups is 2. The van der Waals surface area contributed by atoms with Crippen LogP contribution in [0.5, 0.6) is 0 Å². The first-order valence-electron chi connectivity index (χ1n) is 5.42. The van der Waals surface area contributed by atoms with Crippen molar-refractivity contribution in [3.8, 4) is 0 Å². The van der Waals surface area contributed by atoms with Crippen LogP contribution in [-0.4, -0.2) is 23.5 Å². The molecule has 0 spiro atoms. The molecule has 0 radical (unpaired) electrons. The number of carboxylic acid groups (broad SMARTS) is 1. The lowest BCUT2D eigenvalue weighted by atomic mass is 10.1. The summed E-state index contributed by atoms with van der Waals surface area (Å²) in [6.45, 7) is 0.00706. The summed E-state index contributed by atoms with van der Waals surface area (Å²) in [6, 6.07) is 4.11. The molecule has 1 amide bonds. The molecule has 0 heterocycles. The van der Waals surface area contributed by atoms with Crippen molar-refractivity contribution in [3.05, 3.63) is 34.6 Å². The van der Waals surface area contributed by atoms with E-state index >= 15 is 0 Å². The van der Waals surface area contributed by atoms with E-state index in [1.807, 2.05) is 0 Å². The van der Waals surface area contributed by atoms with Gasteiger partial charge in [0, 0.05) is 6.54 Å². The number of rotatable bonds is 4. The lowest BCUT2D eigenvalue weighted by Crippen LogP contribution is -2.34. The van der Waals surface area contributed by atoms with E-state index in [1.54, 1.807) is 0 Å². The fourth-order valence-electron chi connectivity index (χ4n) is 1.64. The molecular formula is C12H11ClFNO3. The van der Waals surface area contributed by atoms with Crippen LogP contribution in [0.1, 0.15) is 23.2 Å². The van der Waals surface area contributed by atoms with Crippen LogP contribution in [0.4, 0.5) is 4.39 Å². The summed E-state index contributed by atoms with van der Waals surface area (Å²) in [5.74, 6) is -2.38. The molecule has 6 heteroatoms. The molecule has 1 aliphatic rings. The number of aliphatic carboxylic acids is 1. The van der Waals surface area contributed by atoms with Crippen LogP contribution in [0.3, 0.4) is 0 Å².